The maximum atomic E-state index is 13.6. The first-order chi connectivity index (χ1) is 9.80. The SMILES string of the molecule is CC1(C(=O)O)CCN(CC(=O)Nc2ccc(Br)cc2F)C1. The fraction of sp³-hybridized carbons (Fsp3) is 0.429. The minimum absolute atomic E-state index is 0.0539. The second-order valence-electron chi connectivity index (χ2n) is 5.50. The first kappa shape index (κ1) is 15.9. The lowest BCUT2D eigenvalue weighted by Gasteiger charge is -2.19. The van der Waals surface area contributed by atoms with Crippen molar-refractivity contribution in [2.75, 3.05) is 25.0 Å². The molecule has 0 spiro atoms. The van der Waals surface area contributed by atoms with Gasteiger partial charge in [-0.2, -0.15) is 0 Å². The first-order valence-corrected chi connectivity index (χ1v) is 7.30. The van der Waals surface area contributed by atoms with Crippen LogP contribution in [0.1, 0.15) is 13.3 Å². The Balaban J connectivity index is 1.93. The van der Waals surface area contributed by atoms with Crippen LogP contribution in [0.25, 0.3) is 0 Å². The Kier molecular flexibility index (Phi) is 4.63. The number of hydrogen-bond donors (Lipinski definition) is 2. The predicted molar refractivity (Wildman–Crippen MR) is 79.5 cm³/mol. The molecular formula is C14H16BrFN2O3. The van der Waals surface area contributed by atoms with E-state index < -0.39 is 17.2 Å². The Bertz CT molecular complexity index is 581. The number of nitrogens with one attached hydrogen (secondary N) is 1. The average Bonchev–Trinajstić information content (AvgIpc) is 2.76. The second-order valence-corrected chi connectivity index (χ2v) is 6.41. The van der Waals surface area contributed by atoms with Gasteiger partial charge in [-0.3, -0.25) is 14.5 Å². The molecule has 0 radical (unpaired) electrons. The number of carbonyl (C=O) groups excluding carboxylic acids is 1. The standard InChI is InChI=1S/C14H16BrFN2O3/c1-14(13(20)21)4-5-18(8-14)7-12(19)17-11-3-2-9(15)6-10(11)16/h2-3,6H,4-5,7-8H2,1H3,(H,17,19)(H,20,21). The van der Waals surface area contributed by atoms with Crippen LogP contribution in [0.4, 0.5) is 10.1 Å². The van der Waals surface area contributed by atoms with Crippen LogP contribution < -0.4 is 5.32 Å². The van der Waals surface area contributed by atoms with E-state index in [1.54, 1.807) is 17.9 Å². The van der Waals surface area contributed by atoms with Crippen LogP contribution in [0.5, 0.6) is 0 Å². The molecule has 2 N–H and O–H groups in total. The van der Waals surface area contributed by atoms with Crippen LogP contribution in [0.2, 0.25) is 0 Å². The number of hydrogen-bond acceptors (Lipinski definition) is 3. The van der Waals surface area contributed by atoms with Gasteiger partial charge in [-0.25, -0.2) is 4.39 Å². The molecule has 1 atom stereocenters. The highest BCUT2D eigenvalue weighted by atomic mass is 79.9. The summed E-state index contributed by atoms with van der Waals surface area (Å²) in [6.45, 7) is 2.58. The Morgan fingerprint density at radius 2 is 2.24 bits per heavy atom. The summed E-state index contributed by atoms with van der Waals surface area (Å²) in [6, 6.07) is 4.38. The van der Waals surface area contributed by atoms with Crippen molar-refractivity contribution in [3.8, 4) is 0 Å². The van der Waals surface area contributed by atoms with Gasteiger partial charge in [0.05, 0.1) is 17.6 Å². The van der Waals surface area contributed by atoms with E-state index in [1.807, 2.05) is 0 Å². The average molecular weight is 359 g/mol. The van der Waals surface area contributed by atoms with E-state index in [2.05, 4.69) is 21.2 Å². The van der Waals surface area contributed by atoms with Crippen molar-refractivity contribution in [1.82, 2.24) is 4.90 Å². The number of benzene rings is 1. The van der Waals surface area contributed by atoms with Gasteiger partial charge in [0.25, 0.3) is 0 Å². The van der Waals surface area contributed by atoms with Crippen LogP contribution in [-0.2, 0) is 9.59 Å². The van der Waals surface area contributed by atoms with E-state index in [4.69, 9.17) is 5.11 Å². The van der Waals surface area contributed by atoms with Gasteiger partial charge in [-0.1, -0.05) is 15.9 Å². The van der Waals surface area contributed by atoms with Gasteiger partial charge in [-0.15, -0.1) is 0 Å². The van der Waals surface area contributed by atoms with E-state index in [0.717, 1.165) is 0 Å². The number of halogens is 2. The Labute approximate surface area is 130 Å². The summed E-state index contributed by atoms with van der Waals surface area (Å²) in [5.74, 6) is -1.73. The lowest BCUT2D eigenvalue weighted by atomic mass is 9.90. The summed E-state index contributed by atoms with van der Waals surface area (Å²) in [4.78, 5) is 24.8. The number of aliphatic carboxylic acids is 1. The molecule has 0 aromatic heterocycles. The fourth-order valence-corrected chi connectivity index (χ4v) is 2.68. The highest BCUT2D eigenvalue weighted by molar-refractivity contribution is 9.10. The molecule has 5 nitrogen and oxygen atoms in total. The summed E-state index contributed by atoms with van der Waals surface area (Å²) in [7, 11) is 0. The topological polar surface area (TPSA) is 69.6 Å². The molecule has 1 fully saturated rings. The third-order valence-corrected chi connectivity index (χ3v) is 4.13. The molecule has 1 aliphatic heterocycles. The van der Waals surface area contributed by atoms with Gasteiger partial charge in [0, 0.05) is 11.0 Å². The summed E-state index contributed by atoms with van der Waals surface area (Å²) in [5.41, 5.74) is -0.702. The van der Waals surface area contributed by atoms with Crippen LogP contribution in [0, 0.1) is 11.2 Å². The van der Waals surface area contributed by atoms with Crippen LogP contribution >= 0.6 is 15.9 Å². The fourth-order valence-electron chi connectivity index (χ4n) is 2.35. The smallest absolute Gasteiger partial charge is 0.310 e. The van der Waals surface area contributed by atoms with Gasteiger partial charge in [-0.05, 0) is 38.1 Å². The molecule has 2 rings (SSSR count). The number of likely N-dealkylation sites (tertiary alicyclic amines) is 1. The largest absolute Gasteiger partial charge is 0.481 e. The summed E-state index contributed by atoms with van der Waals surface area (Å²) >= 11 is 3.14. The maximum absolute atomic E-state index is 13.6. The van der Waals surface area contributed by atoms with Gasteiger partial charge >= 0.3 is 5.97 Å². The molecule has 1 aromatic carbocycles. The van der Waals surface area contributed by atoms with Gasteiger partial charge in [0.15, 0.2) is 0 Å². The molecule has 1 aliphatic rings. The van der Waals surface area contributed by atoms with E-state index in [0.29, 0.717) is 24.0 Å². The highest BCUT2D eigenvalue weighted by Crippen LogP contribution is 2.29. The van der Waals surface area contributed by atoms with Crippen molar-refractivity contribution < 1.29 is 19.1 Å². The molecule has 1 heterocycles. The van der Waals surface area contributed by atoms with Crippen molar-refractivity contribution in [3.63, 3.8) is 0 Å². The van der Waals surface area contributed by atoms with Crippen molar-refractivity contribution in [2.24, 2.45) is 5.41 Å². The highest BCUT2D eigenvalue weighted by Gasteiger charge is 2.40. The molecule has 1 aromatic rings. The quantitative estimate of drug-likeness (QED) is 0.866. The van der Waals surface area contributed by atoms with Crippen LogP contribution in [0.3, 0.4) is 0 Å². The number of carboxylic acid groups (broad SMARTS) is 1. The predicted octanol–water partition coefficient (Wildman–Crippen LogP) is 2.32. The van der Waals surface area contributed by atoms with E-state index >= 15 is 0 Å². The van der Waals surface area contributed by atoms with Gasteiger partial charge in [0.1, 0.15) is 5.82 Å². The number of rotatable bonds is 4. The zero-order chi connectivity index (χ0) is 15.6. The van der Waals surface area contributed by atoms with E-state index in [9.17, 15) is 14.0 Å². The Hall–Kier alpha value is -1.47. The van der Waals surface area contributed by atoms with Crippen molar-refractivity contribution in [3.05, 3.63) is 28.5 Å². The van der Waals surface area contributed by atoms with Crippen molar-refractivity contribution in [2.45, 2.75) is 13.3 Å². The molecule has 0 bridgehead atoms. The minimum Gasteiger partial charge on any atom is -0.481 e. The molecular weight excluding hydrogens is 343 g/mol. The summed E-state index contributed by atoms with van der Waals surface area (Å²) < 4.78 is 14.2. The first-order valence-electron chi connectivity index (χ1n) is 6.51. The molecule has 7 heteroatoms. The summed E-state index contributed by atoms with van der Waals surface area (Å²) in [5, 5.41) is 11.6. The molecule has 1 saturated heterocycles. The zero-order valence-corrected chi connectivity index (χ0v) is 13.1. The zero-order valence-electron chi connectivity index (χ0n) is 11.5. The monoisotopic (exact) mass is 358 g/mol. The van der Waals surface area contributed by atoms with Gasteiger partial charge in [0.2, 0.25) is 5.91 Å². The molecule has 114 valence electrons. The van der Waals surface area contributed by atoms with E-state index in [-0.39, 0.29) is 18.1 Å². The Morgan fingerprint density at radius 1 is 1.52 bits per heavy atom. The number of carboxylic acids is 1. The van der Waals surface area contributed by atoms with Crippen molar-refractivity contribution in [1.29, 1.82) is 0 Å². The lowest BCUT2D eigenvalue weighted by molar-refractivity contribution is -0.147. The molecule has 1 amide bonds. The van der Waals surface area contributed by atoms with Crippen molar-refractivity contribution >= 4 is 33.5 Å². The normalized spacial score (nSPS) is 22.2. The minimum atomic E-state index is -0.857. The lowest BCUT2D eigenvalue weighted by Crippen LogP contribution is -2.35. The number of amides is 1. The van der Waals surface area contributed by atoms with Gasteiger partial charge < -0.3 is 10.4 Å². The third kappa shape index (κ3) is 3.79. The molecule has 21 heavy (non-hydrogen) atoms. The number of carbonyl (C=O) groups is 2. The Morgan fingerprint density at radius 3 is 2.81 bits per heavy atom. The molecule has 0 aliphatic carbocycles. The van der Waals surface area contributed by atoms with E-state index in [1.165, 1.54) is 12.1 Å². The van der Waals surface area contributed by atoms with Crippen LogP contribution in [-0.4, -0.2) is 41.5 Å². The third-order valence-electron chi connectivity index (χ3n) is 3.64. The second kappa shape index (κ2) is 6.11. The summed E-state index contributed by atoms with van der Waals surface area (Å²) in [6.07, 6.45) is 0.502. The maximum Gasteiger partial charge on any atom is 0.310 e. The number of anilines is 1. The molecule has 0 saturated carbocycles. The number of nitrogens with zero attached hydrogens (tertiary/aromatic N) is 1. The van der Waals surface area contributed by atoms with Crippen LogP contribution in [0.15, 0.2) is 22.7 Å². The molecule has 1 unspecified atom stereocenters.